The van der Waals surface area contributed by atoms with Crippen molar-refractivity contribution in [1.82, 2.24) is 20.2 Å². The molecule has 1 N–H and O–H groups in total. The highest BCUT2D eigenvalue weighted by Crippen LogP contribution is 2.28. The normalized spacial score (nSPS) is 20.7. The molecule has 0 radical (unpaired) electrons. The molecule has 0 aromatic carbocycles. The molecule has 0 aliphatic carbocycles. The van der Waals surface area contributed by atoms with E-state index < -0.39 is 11.4 Å². The van der Waals surface area contributed by atoms with Crippen LogP contribution in [0.4, 0.5) is 0 Å². The van der Waals surface area contributed by atoms with E-state index in [9.17, 15) is 4.79 Å². The second-order valence-corrected chi connectivity index (χ2v) is 4.89. The molecule has 1 saturated heterocycles. The SMILES string of the molecule is CC(C)(Cn1nnnc1C1CCCO1)C(=O)O. The molecule has 2 heterocycles. The Bertz CT molecular complexity index is 409. The van der Waals surface area contributed by atoms with E-state index in [1.54, 1.807) is 13.8 Å². The van der Waals surface area contributed by atoms with Gasteiger partial charge in [-0.25, -0.2) is 4.68 Å². The predicted molar refractivity (Wildman–Crippen MR) is 57.2 cm³/mol. The van der Waals surface area contributed by atoms with E-state index in [-0.39, 0.29) is 12.6 Å². The zero-order chi connectivity index (χ0) is 12.5. The molecule has 1 atom stereocenters. The lowest BCUT2D eigenvalue weighted by atomic mass is 9.94. The van der Waals surface area contributed by atoms with Crippen LogP contribution in [0.15, 0.2) is 0 Å². The first-order valence-corrected chi connectivity index (χ1v) is 5.62. The highest BCUT2D eigenvalue weighted by molar-refractivity contribution is 5.73. The molecule has 1 aliphatic rings. The summed E-state index contributed by atoms with van der Waals surface area (Å²) in [4.78, 5) is 11.1. The first kappa shape index (κ1) is 12.0. The Labute approximate surface area is 98.8 Å². The fourth-order valence-electron chi connectivity index (χ4n) is 1.78. The van der Waals surface area contributed by atoms with Crippen molar-refractivity contribution < 1.29 is 14.6 Å². The summed E-state index contributed by atoms with van der Waals surface area (Å²) in [6, 6.07) is 0. The second kappa shape index (κ2) is 4.40. The molecule has 0 bridgehead atoms. The zero-order valence-electron chi connectivity index (χ0n) is 9.96. The largest absolute Gasteiger partial charge is 0.481 e. The third kappa shape index (κ3) is 2.44. The standard InChI is InChI=1S/C10H16N4O3/c1-10(2,9(15)16)6-14-8(11-12-13-14)7-4-3-5-17-7/h7H,3-6H2,1-2H3,(H,15,16). The van der Waals surface area contributed by atoms with Crippen molar-refractivity contribution in [2.45, 2.75) is 39.3 Å². The van der Waals surface area contributed by atoms with E-state index in [0.29, 0.717) is 12.4 Å². The molecular formula is C10H16N4O3. The van der Waals surface area contributed by atoms with Crippen molar-refractivity contribution in [3.63, 3.8) is 0 Å². The van der Waals surface area contributed by atoms with Crippen LogP contribution in [-0.2, 0) is 16.1 Å². The van der Waals surface area contributed by atoms with Crippen LogP contribution in [0.25, 0.3) is 0 Å². The lowest BCUT2D eigenvalue weighted by molar-refractivity contribution is -0.147. The fraction of sp³-hybridized carbons (Fsp3) is 0.800. The molecule has 2 rings (SSSR count). The summed E-state index contributed by atoms with van der Waals surface area (Å²) in [5.74, 6) is -0.247. The first-order chi connectivity index (χ1) is 8.00. The fourth-order valence-corrected chi connectivity index (χ4v) is 1.78. The molecule has 1 aromatic heterocycles. The van der Waals surface area contributed by atoms with Crippen molar-refractivity contribution in [2.75, 3.05) is 6.61 Å². The number of aromatic nitrogens is 4. The van der Waals surface area contributed by atoms with Crippen LogP contribution < -0.4 is 0 Å². The number of nitrogens with zero attached hydrogens (tertiary/aromatic N) is 4. The molecule has 7 nitrogen and oxygen atoms in total. The third-order valence-electron chi connectivity index (χ3n) is 2.90. The van der Waals surface area contributed by atoms with Crippen molar-refractivity contribution in [2.24, 2.45) is 5.41 Å². The molecule has 1 fully saturated rings. The Morgan fingerprint density at radius 3 is 3.00 bits per heavy atom. The molecule has 1 aromatic rings. The Balaban J connectivity index is 2.16. The minimum absolute atomic E-state index is 0.102. The predicted octanol–water partition coefficient (Wildman–Crippen LogP) is 0.635. The van der Waals surface area contributed by atoms with Crippen LogP contribution in [0, 0.1) is 5.41 Å². The molecule has 0 spiro atoms. The average Bonchev–Trinajstić information content (AvgIpc) is 2.85. The Kier molecular flexibility index (Phi) is 3.10. The number of tetrazole rings is 1. The van der Waals surface area contributed by atoms with Gasteiger partial charge in [-0.05, 0) is 37.1 Å². The molecule has 7 heteroatoms. The summed E-state index contributed by atoms with van der Waals surface area (Å²) >= 11 is 0. The average molecular weight is 240 g/mol. The second-order valence-electron chi connectivity index (χ2n) is 4.89. The Hall–Kier alpha value is -1.50. The number of hydrogen-bond acceptors (Lipinski definition) is 5. The van der Waals surface area contributed by atoms with Gasteiger partial charge >= 0.3 is 5.97 Å². The maximum Gasteiger partial charge on any atom is 0.310 e. The third-order valence-corrected chi connectivity index (χ3v) is 2.90. The number of ether oxygens (including phenoxy) is 1. The van der Waals surface area contributed by atoms with Gasteiger partial charge in [0, 0.05) is 6.61 Å². The summed E-state index contributed by atoms with van der Waals surface area (Å²) in [5, 5.41) is 20.4. The number of carboxylic acids is 1. The molecule has 1 aliphatic heterocycles. The van der Waals surface area contributed by atoms with Gasteiger partial charge in [-0.3, -0.25) is 4.79 Å². The summed E-state index contributed by atoms with van der Waals surface area (Å²) in [5.41, 5.74) is -0.900. The van der Waals surface area contributed by atoms with Crippen LogP contribution in [0.2, 0.25) is 0 Å². The van der Waals surface area contributed by atoms with Crippen molar-refractivity contribution in [3.05, 3.63) is 5.82 Å². The number of hydrogen-bond donors (Lipinski definition) is 1. The van der Waals surface area contributed by atoms with E-state index >= 15 is 0 Å². The molecule has 0 saturated carbocycles. The maximum absolute atomic E-state index is 11.1. The Morgan fingerprint density at radius 2 is 2.41 bits per heavy atom. The molecule has 0 amide bonds. The van der Waals surface area contributed by atoms with Gasteiger partial charge in [0.25, 0.3) is 0 Å². The van der Waals surface area contributed by atoms with Gasteiger partial charge in [0.15, 0.2) is 5.82 Å². The van der Waals surface area contributed by atoms with Crippen LogP contribution >= 0.6 is 0 Å². The zero-order valence-corrected chi connectivity index (χ0v) is 9.96. The van der Waals surface area contributed by atoms with Gasteiger partial charge in [-0.1, -0.05) is 0 Å². The first-order valence-electron chi connectivity index (χ1n) is 5.62. The summed E-state index contributed by atoms with van der Waals surface area (Å²) in [6.07, 6.45) is 1.77. The van der Waals surface area contributed by atoms with Gasteiger partial charge in [-0.15, -0.1) is 5.10 Å². The van der Waals surface area contributed by atoms with Crippen molar-refractivity contribution in [3.8, 4) is 0 Å². The Morgan fingerprint density at radius 1 is 1.65 bits per heavy atom. The summed E-state index contributed by atoms with van der Waals surface area (Å²) in [7, 11) is 0. The quantitative estimate of drug-likeness (QED) is 0.830. The number of aliphatic carboxylic acids is 1. The molecule has 1 unspecified atom stereocenters. The molecule has 17 heavy (non-hydrogen) atoms. The summed E-state index contributed by atoms with van der Waals surface area (Å²) < 4.78 is 7.03. The van der Waals surface area contributed by atoms with Gasteiger partial charge in [0.05, 0.1) is 12.0 Å². The number of carbonyl (C=O) groups is 1. The van der Waals surface area contributed by atoms with Crippen LogP contribution in [0.5, 0.6) is 0 Å². The van der Waals surface area contributed by atoms with E-state index in [2.05, 4.69) is 15.5 Å². The van der Waals surface area contributed by atoms with Crippen LogP contribution in [-0.4, -0.2) is 37.9 Å². The molecule has 94 valence electrons. The lowest BCUT2D eigenvalue weighted by Gasteiger charge is -2.20. The van der Waals surface area contributed by atoms with Crippen molar-refractivity contribution in [1.29, 1.82) is 0 Å². The van der Waals surface area contributed by atoms with Gasteiger partial charge in [-0.2, -0.15) is 0 Å². The van der Waals surface area contributed by atoms with Gasteiger partial charge < -0.3 is 9.84 Å². The monoisotopic (exact) mass is 240 g/mol. The van der Waals surface area contributed by atoms with E-state index in [4.69, 9.17) is 9.84 Å². The van der Waals surface area contributed by atoms with Crippen molar-refractivity contribution >= 4 is 5.97 Å². The highest BCUT2D eigenvalue weighted by Gasteiger charge is 2.31. The van der Waals surface area contributed by atoms with E-state index in [0.717, 1.165) is 12.8 Å². The highest BCUT2D eigenvalue weighted by atomic mass is 16.5. The van der Waals surface area contributed by atoms with Crippen LogP contribution in [0.3, 0.4) is 0 Å². The van der Waals surface area contributed by atoms with Gasteiger partial charge in [0.2, 0.25) is 0 Å². The lowest BCUT2D eigenvalue weighted by Crippen LogP contribution is -2.30. The van der Waals surface area contributed by atoms with E-state index in [1.807, 2.05) is 0 Å². The van der Waals surface area contributed by atoms with Crippen LogP contribution in [0.1, 0.15) is 38.6 Å². The minimum atomic E-state index is -0.900. The minimum Gasteiger partial charge on any atom is -0.481 e. The molecular weight excluding hydrogens is 224 g/mol. The summed E-state index contributed by atoms with van der Waals surface area (Å²) in [6.45, 7) is 4.25. The van der Waals surface area contributed by atoms with Gasteiger partial charge in [0.1, 0.15) is 6.10 Å². The smallest absolute Gasteiger partial charge is 0.310 e. The van der Waals surface area contributed by atoms with E-state index in [1.165, 1.54) is 4.68 Å². The number of carboxylic acid groups (broad SMARTS) is 1. The maximum atomic E-state index is 11.1. The topological polar surface area (TPSA) is 90.1 Å². The number of rotatable bonds is 4.